The Kier molecular flexibility index (Phi) is 3.10. The maximum atomic E-state index is 13.2. The molecule has 0 saturated heterocycles. The zero-order chi connectivity index (χ0) is 11.5. The van der Waals surface area contributed by atoms with Crippen molar-refractivity contribution in [1.82, 2.24) is 4.98 Å². The van der Waals surface area contributed by atoms with Gasteiger partial charge in [-0.1, -0.05) is 17.8 Å². The molecule has 82 valence electrons. The van der Waals surface area contributed by atoms with Crippen LogP contribution < -0.4 is 5.73 Å². The van der Waals surface area contributed by atoms with E-state index in [1.54, 1.807) is 19.2 Å². The van der Waals surface area contributed by atoms with E-state index >= 15 is 0 Å². The van der Waals surface area contributed by atoms with Crippen LogP contribution in [0, 0.1) is 12.7 Å². The van der Waals surface area contributed by atoms with Gasteiger partial charge in [-0.3, -0.25) is 0 Å². The maximum absolute atomic E-state index is 13.2. The fourth-order valence-electron chi connectivity index (χ4n) is 1.28. The third-order valence-corrected chi connectivity index (χ3v) is 3.17. The number of nitrogens with two attached hydrogens (primary N) is 1. The van der Waals surface area contributed by atoms with Crippen molar-refractivity contribution in [2.75, 3.05) is 5.73 Å². The number of nitrogens with zero attached hydrogens (tertiary/aromatic N) is 1. The molecular formula is C12H11FN2S. The maximum Gasteiger partial charge on any atom is 0.128 e. The van der Waals surface area contributed by atoms with Crippen LogP contribution in [-0.4, -0.2) is 4.98 Å². The monoisotopic (exact) mass is 234 g/mol. The summed E-state index contributed by atoms with van der Waals surface area (Å²) in [5.41, 5.74) is 6.78. The van der Waals surface area contributed by atoms with Crippen LogP contribution in [0.5, 0.6) is 0 Å². The predicted octanol–water partition coefficient (Wildman–Crippen LogP) is 3.26. The lowest BCUT2D eigenvalue weighted by Crippen LogP contribution is -1.93. The van der Waals surface area contributed by atoms with Gasteiger partial charge in [-0.25, -0.2) is 9.37 Å². The average molecular weight is 234 g/mol. The van der Waals surface area contributed by atoms with Crippen LogP contribution in [0.15, 0.2) is 46.5 Å². The Morgan fingerprint density at radius 2 is 2.12 bits per heavy atom. The van der Waals surface area contributed by atoms with E-state index in [-0.39, 0.29) is 5.82 Å². The summed E-state index contributed by atoms with van der Waals surface area (Å²) in [6, 6.07) is 8.73. The minimum Gasteiger partial charge on any atom is -0.398 e. The van der Waals surface area contributed by atoms with E-state index < -0.39 is 0 Å². The number of aryl methyl sites for hydroxylation is 1. The summed E-state index contributed by atoms with van der Waals surface area (Å²) in [7, 11) is 0. The van der Waals surface area contributed by atoms with Crippen LogP contribution >= 0.6 is 11.8 Å². The predicted molar refractivity (Wildman–Crippen MR) is 63.9 cm³/mol. The molecule has 0 spiro atoms. The molecule has 2 N–H and O–H groups in total. The molecule has 16 heavy (non-hydrogen) atoms. The van der Waals surface area contributed by atoms with Gasteiger partial charge in [-0.05, 0) is 36.8 Å². The first-order valence-electron chi connectivity index (χ1n) is 4.81. The van der Waals surface area contributed by atoms with E-state index in [0.717, 1.165) is 9.92 Å². The molecule has 2 nitrogen and oxygen atoms in total. The standard InChI is InChI=1S/C12H11FN2S/c1-8-6-11(10(14)7-9(8)13)16-12-4-2-3-5-15-12/h2-7H,14H2,1H3. The minimum absolute atomic E-state index is 0.275. The van der Waals surface area contributed by atoms with Gasteiger partial charge in [0.1, 0.15) is 10.8 Å². The van der Waals surface area contributed by atoms with Crippen LogP contribution in [0.1, 0.15) is 5.56 Å². The number of halogens is 1. The quantitative estimate of drug-likeness (QED) is 0.810. The lowest BCUT2D eigenvalue weighted by atomic mass is 10.2. The van der Waals surface area contributed by atoms with Crippen LogP contribution in [0.25, 0.3) is 0 Å². The first kappa shape index (κ1) is 11.0. The number of pyridine rings is 1. The summed E-state index contributed by atoms with van der Waals surface area (Å²) in [4.78, 5) is 5.01. The Balaban J connectivity index is 2.32. The summed E-state index contributed by atoms with van der Waals surface area (Å²) in [6.07, 6.45) is 1.72. The van der Waals surface area contributed by atoms with E-state index in [9.17, 15) is 4.39 Å². The van der Waals surface area contributed by atoms with Crippen LogP contribution in [0.2, 0.25) is 0 Å². The summed E-state index contributed by atoms with van der Waals surface area (Å²) in [5, 5.41) is 0.847. The number of aromatic nitrogens is 1. The number of hydrogen-bond donors (Lipinski definition) is 1. The molecule has 0 unspecified atom stereocenters. The van der Waals surface area contributed by atoms with Gasteiger partial charge < -0.3 is 5.73 Å². The second-order valence-electron chi connectivity index (χ2n) is 3.41. The molecule has 4 heteroatoms. The first-order valence-corrected chi connectivity index (χ1v) is 5.63. The molecule has 0 bridgehead atoms. The molecule has 0 aliphatic rings. The second kappa shape index (κ2) is 4.53. The molecule has 1 aromatic heterocycles. The summed E-state index contributed by atoms with van der Waals surface area (Å²) in [6.45, 7) is 1.72. The SMILES string of the molecule is Cc1cc(Sc2ccccn2)c(N)cc1F. The minimum atomic E-state index is -0.275. The van der Waals surface area contributed by atoms with Crippen LogP contribution in [0.3, 0.4) is 0 Å². The Bertz CT molecular complexity index is 500. The number of nitrogen functional groups attached to an aromatic ring is 1. The molecule has 0 saturated carbocycles. The number of anilines is 1. The summed E-state index contributed by atoms with van der Waals surface area (Å²) >= 11 is 1.43. The molecule has 0 radical (unpaired) electrons. The third kappa shape index (κ3) is 2.33. The van der Waals surface area contributed by atoms with Gasteiger partial charge in [0.05, 0.1) is 0 Å². The highest BCUT2D eigenvalue weighted by atomic mass is 32.2. The lowest BCUT2D eigenvalue weighted by Gasteiger charge is -2.06. The molecule has 0 atom stereocenters. The highest BCUT2D eigenvalue weighted by Gasteiger charge is 2.06. The van der Waals surface area contributed by atoms with Crippen molar-refractivity contribution >= 4 is 17.4 Å². The van der Waals surface area contributed by atoms with E-state index in [4.69, 9.17) is 5.73 Å². The summed E-state index contributed by atoms with van der Waals surface area (Å²) < 4.78 is 13.2. The molecular weight excluding hydrogens is 223 g/mol. The topological polar surface area (TPSA) is 38.9 Å². The van der Waals surface area contributed by atoms with Crippen molar-refractivity contribution in [1.29, 1.82) is 0 Å². The van der Waals surface area contributed by atoms with Gasteiger partial charge in [-0.2, -0.15) is 0 Å². The van der Waals surface area contributed by atoms with Crippen molar-refractivity contribution in [3.05, 3.63) is 47.9 Å². The molecule has 2 aromatic rings. The smallest absolute Gasteiger partial charge is 0.128 e. The van der Waals surface area contributed by atoms with Gasteiger partial charge in [0.25, 0.3) is 0 Å². The Hall–Kier alpha value is -1.55. The number of hydrogen-bond acceptors (Lipinski definition) is 3. The lowest BCUT2D eigenvalue weighted by molar-refractivity contribution is 0.618. The molecule has 0 aliphatic heterocycles. The number of rotatable bonds is 2. The van der Waals surface area contributed by atoms with Crippen LogP contribution in [0.4, 0.5) is 10.1 Å². The Morgan fingerprint density at radius 3 is 2.81 bits per heavy atom. The Labute approximate surface area is 97.7 Å². The molecule has 1 aromatic carbocycles. The fourth-order valence-corrected chi connectivity index (χ4v) is 2.18. The molecule has 2 rings (SSSR count). The third-order valence-electron chi connectivity index (χ3n) is 2.14. The van der Waals surface area contributed by atoms with Crippen molar-refractivity contribution in [2.24, 2.45) is 0 Å². The molecule has 1 heterocycles. The largest absolute Gasteiger partial charge is 0.398 e. The highest BCUT2D eigenvalue weighted by molar-refractivity contribution is 7.99. The molecule has 0 amide bonds. The van der Waals surface area contributed by atoms with Crippen LogP contribution in [-0.2, 0) is 0 Å². The van der Waals surface area contributed by atoms with Gasteiger partial charge in [0.15, 0.2) is 0 Å². The highest BCUT2D eigenvalue weighted by Crippen LogP contribution is 2.32. The van der Waals surface area contributed by atoms with Crippen molar-refractivity contribution in [3.8, 4) is 0 Å². The van der Waals surface area contributed by atoms with E-state index in [1.165, 1.54) is 17.8 Å². The van der Waals surface area contributed by atoms with Gasteiger partial charge in [0, 0.05) is 16.8 Å². The molecule has 0 fully saturated rings. The average Bonchev–Trinajstić information content (AvgIpc) is 2.27. The zero-order valence-electron chi connectivity index (χ0n) is 8.77. The van der Waals surface area contributed by atoms with E-state index in [1.807, 2.05) is 18.2 Å². The fraction of sp³-hybridized carbons (Fsp3) is 0.0833. The normalized spacial score (nSPS) is 10.4. The number of benzene rings is 1. The van der Waals surface area contributed by atoms with E-state index in [0.29, 0.717) is 11.3 Å². The summed E-state index contributed by atoms with van der Waals surface area (Å²) in [5.74, 6) is -0.275. The second-order valence-corrected chi connectivity index (χ2v) is 4.47. The van der Waals surface area contributed by atoms with E-state index in [2.05, 4.69) is 4.98 Å². The van der Waals surface area contributed by atoms with Crippen molar-refractivity contribution in [3.63, 3.8) is 0 Å². The molecule has 0 aliphatic carbocycles. The van der Waals surface area contributed by atoms with Crippen molar-refractivity contribution < 1.29 is 4.39 Å². The zero-order valence-corrected chi connectivity index (χ0v) is 9.59. The van der Waals surface area contributed by atoms with Gasteiger partial charge in [-0.15, -0.1) is 0 Å². The first-order chi connectivity index (χ1) is 7.66. The van der Waals surface area contributed by atoms with Crippen molar-refractivity contribution in [2.45, 2.75) is 16.8 Å². The van der Waals surface area contributed by atoms with Gasteiger partial charge >= 0.3 is 0 Å². The van der Waals surface area contributed by atoms with Gasteiger partial charge in [0.2, 0.25) is 0 Å². The Morgan fingerprint density at radius 1 is 1.31 bits per heavy atom.